The summed E-state index contributed by atoms with van der Waals surface area (Å²) in [5.41, 5.74) is 3.33. The summed E-state index contributed by atoms with van der Waals surface area (Å²) in [6.07, 6.45) is 2.21. The van der Waals surface area contributed by atoms with Crippen LogP contribution in [0.15, 0.2) is 42.5 Å². The summed E-state index contributed by atoms with van der Waals surface area (Å²) < 4.78 is 6.13. The Balaban J connectivity index is 1.90. The van der Waals surface area contributed by atoms with Gasteiger partial charge in [-0.25, -0.2) is 0 Å². The van der Waals surface area contributed by atoms with Crippen molar-refractivity contribution < 1.29 is 4.74 Å². The Kier molecular flexibility index (Phi) is 3.53. The molecule has 22 heavy (non-hydrogen) atoms. The number of nitrogens with one attached hydrogen (secondary N) is 1. The maximum Gasteiger partial charge on any atom is 0.155 e. The van der Waals surface area contributed by atoms with E-state index in [-0.39, 0.29) is 0 Å². The van der Waals surface area contributed by atoms with Crippen LogP contribution in [0.3, 0.4) is 0 Å². The molecule has 3 nitrogen and oxygen atoms in total. The highest BCUT2D eigenvalue weighted by molar-refractivity contribution is 6.32. The molecule has 1 N–H and O–H groups in total. The second-order valence-corrected chi connectivity index (χ2v) is 5.93. The van der Waals surface area contributed by atoms with E-state index in [4.69, 9.17) is 16.3 Å². The molecule has 2 aliphatic rings. The SMILES string of the molecule is Clc1cccc2c1Oc1ccccc1C=C2N1CCNCC1. The minimum Gasteiger partial charge on any atom is -0.454 e. The smallest absolute Gasteiger partial charge is 0.155 e. The lowest BCUT2D eigenvalue weighted by Crippen LogP contribution is -2.42. The summed E-state index contributed by atoms with van der Waals surface area (Å²) in [5.74, 6) is 1.60. The monoisotopic (exact) mass is 312 g/mol. The third-order valence-electron chi connectivity index (χ3n) is 4.12. The fourth-order valence-electron chi connectivity index (χ4n) is 3.01. The van der Waals surface area contributed by atoms with E-state index in [1.807, 2.05) is 30.3 Å². The highest BCUT2D eigenvalue weighted by atomic mass is 35.5. The number of piperazine rings is 1. The maximum absolute atomic E-state index is 6.40. The molecule has 0 radical (unpaired) electrons. The van der Waals surface area contributed by atoms with Crippen LogP contribution in [0.1, 0.15) is 11.1 Å². The minimum atomic E-state index is 0.648. The minimum absolute atomic E-state index is 0.648. The van der Waals surface area contributed by atoms with Crippen molar-refractivity contribution in [3.63, 3.8) is 0 Å². The number of hydrogen-bond acceptors (Lipinski definition) is 3. The molecular formula is C18H17ClN2O. The van der Waals surface area contributed by atoms with Gasteiger partial charge in [-0.3, -0.25) is 0 Å². The van der Waals surface area contributed by atoms with Crippen LogP contribution >= 0.6 is 11.6 Å². The highest BCUT2D eigenvalue weighted by Crippen LogP contribution is 2.42. The standard InChI is InChI=1S/C18H17ClN2O/c19-15-6-3-5-14-16(21-10-8-20-9-11-21)12-13-4-1-2-7-17(13)22-18(14)15/h1-7,12,20H,8-11H2. The van der Waals surface area contributed by atoms with Crippen LogP contribution in [-0.4, -0.2) is 31.1 Å². The summed E-state index contributed by atoms with van der Waals surface area (Å²) in [6, 6.07) is 14.0. The van der Waals surface area contributed by atoms with E-state index >= 15 is 0 Å². The Morgan fingerprint density at radius 3 is 2.68 bits per heavy atom. The van der Waals surface area contributed by atoms with Crippen LogP contribution < -0.4 is 10.1 Å². The van der Waals surface area contributed by atoms with E-state index in [9.17, 15) is 0 Å². The Labute approximate surface area is 135 Å². The molecule has 4 heteroatoms. The lowest BCUT2D eigenvalue weighted by atomic mass is 10.1. The number of hydrogen-bond donors (Lipinski definition) is 1. The summed E-state index contributed by atoms with van der Waals surface area (Å²) in [4.78, 5) is 2.40. The molecule has 1 saturated heterocycles. The van der Waals surface area contributed by atoms with Crippen LogP contribution in [0.5, 0.6) is 11.5 Å². The zero-order chi connectivity index (χ0) is 14.9. The summed E-state index contributed by atoms with van der Waals surface area (Å²) >= 11 is 6.40. The molecule has 1 fully saturated rings. The van der Waals surface area contributed by atoms with Crippen molar-refractivity contribution in [3.8, 4) is 11.5 Å². The number of fused-ring (bicyclic) bond motifs is 2. The molecule has 2 aromatic carbocycles. The van der Waals surface area contributed by atoms with E-state index in [2.05, 4.69) is 28.4 Å². The third-order valence-corrected chi connectivity index (χ3v) is 4.42. The van der Waals surface area contributed by atoms with Crippen LogP contribution in [0, 0.1) is 0 Å². The van der Waals surface area contributed by atoms with E-state index in [1.54, 1.807) is 0 Å². The van der Waals surface area contributed by atoms with E-state index in [1.165, 1.54) is 5.70 Å². The fourth-order valence-corrected chi connectivity index (χ4v) is 3.22. The first kappa shape index (κ1) is 13.7. The maximum atomic E-state index is 6.40. The van der Waals surface area contributed by atoms with Crippen molar-refractivity contribution >= 4 is 23.4 Å². The van der Waals surface area contributed by atoms with Crippen molar-refractivity contribution in [1.82, 2.24) is 10.2 Å². The first-order valence-electron chi connectivity index (χ1n) is 7.56. The third kappa shape index (κ3) is 2.36. The lowest BCUT2D eigenvalue weighted by molar-refractivity contribution is 0.341. The number of nitrogens with zero attached hydrogens (tertiary/aromatic N) is 1. The van der Waals surface area contributed by atoms with Crippen molar-refractivity contribution in [1.29, 1.82) is 0 Å². The Morgan fingerprint density at radius 1 is 1.00 bits per heavy atom. The molecule has 0 amide bonds. The van der Waals surface area contributed by atoms with Gasteiger partial charge in [0.1, 0.15) is 5.75 Å². The zero-order valence-corrected chi connectivity index (χ0v) is 12.9. The number of benzene rings is 2. The van der Waals surface area contributed by atoms with Gasteiger partial charge in [-0.2, -0.15) is 0 Å². The van der Waals surface area contributed by atoms with Gasteiger partial charge in [-0.1, -0.05) is 35.9 Å². The van der Waals surface area contributed by atoms with Crippen molar-refractivity contribution in [2.24, 2.45) is 0 Å². The summed E-state index contributed by atoms with van der Waals surface area (Å²) in [7, 11) is 0. The highest BCUT2D eigenvalue weighted by Gasteiger charge is 2.23. The van der Waals surface area contributed by atoms with Gasteiger partial charge >= 0.3 is 0 Å². The van der Waals surface area contributed by atoms with Gasteiger partial charge in [0.05, 0.1) is 5.02 Å². The van der Waals surface area contributed by atoms with Crippen LogP contribution in [0.2, 0.25) is 5.02 Å². The summed E-state index contributed by atoms with van der Waals surface area (Å²) in [5, 5.41) is 4.05. The molecule has 0 aromatic heterocycles. The molecular weight excluding hydrogens is 296 g/mol. The average molecular weight is 313 g/mol. The number of para-hydroxylation sites is 2. The van der Waals surface area contributed by atoms with Gasteiger partial charge in [0.25, 0.3) is 0 Å². The molecule has 2 heterocycles. The van der Waals surface area contributed by atoms with Gasteiger partial charge in [0.15, 0.2) is 5.75 Å². The molecule has 0 bridgehead atoms. The average Bonchev–Trinajstić information content (AvgIpc) is 2.73. The predicted octanol–water partition coefficient (Wildman–Crippen LogP) is 3.85. The van der Waals surface area contributed by atoms with Crippen molar-refractivity contribution in [3.05, 3.63) is 58.6 Å². The van der Waals surface area contributed by atoms with E-state index < -0.39 is 0 Å². The molecule has 0 saturated carbocycles. The topological polar surface area (TPSA) is 24.5 Å². The summed E-state index contributed by atoms with van der Waals surface area (Å²) in [6.45, 7) is 3.96. The van der Waals surface area contributed by atoms with Crippen LogP contribution in [0.4, 0.5) is 0 Å². The number of ether oxygens (including phenoxy) is 1. The predicted molar refractivity (Wildman–Crippen MR) is 90.3 cm³/mol. The van der Waals surface area contributed by atoms with Gasteiger partial charge < -0.3 is 15.0 Å². The number of rotatable bonds is 1. The normalized spacial score (nSPS) is 17.0. The molecule has 4 rings (SSSR count). The van der Waals surface area contributed by atoms with Gasteiger partial charge in [0.2, 0.25) is 0 Å². The van der Waals surface area contributed by atoms with E-state index in [0.717, 1.165) is 48.8 Å². The lowest BCUT2D eigenvalue weighted by Gasteiger charge is -2.32. The van der Waals surface area contributed by atoms with Crippen LogP contribution in [-0.2, 0) is 0 Å². The number of halogens is 1. The second-order valence-electron chi connectivity index (χ2n) is 5.52. The second kappa shape index (κ2) is 5.67. The first-order chi connectivity index (χ1) is 10.8. The largest absolute Gasteiger partial charge is 0.454 e. The van der Waals surface area contributed by atoms with Gasteiger partial charge in [-0.15, -0.1) is 0 Å². The Bertz CT molecular complexity index is 736. The van der Waals surface area contributed by atoms with E-state index in [0.29, 0.717) is 5.02 Å². The van der Waals surface area contributed by atoms with Gasteiger partial charge in [0, 0.05) is 43.0 Å². The Hall–Kier alpha value is -1.97. The van der Waals surface area contributed by atoms with Crippen molar-refractivity contribution in [2.75, 3.05) is 26.2 Å². The fraction of sp³-hybridized carbons (Fsp3) is 0.222. The Morgan fingerprint density at radius 2 is 1.82 bits per heavy atom. The first-order valence-corrected chi connectivity index (χ1v) is 7.94. The van der Waals surface area contributed by atoms with Gasteiger partial charge in [-0.05, 0) is 24.3 Å². The molecule has 0 aliphatic carbocycles. The van der Waals surface area contributed by atoms with Crippen LogP contribution in [0.25, 0.3) is 11.8 Å². The zero-order valence-electron chi connectivity index (χ0n) is 12.2. The molecule has 2 aromatic rings. The molecule has 0 unspecified atom stereocenters. The molecule has 112 valence electrons. The van der Waals surface area contributed by atoms with Crippen molar-refractivity contribution in [2.45, 2.75) is 0 Å². The molecule has 0 spiro atoms. The quantitative estimate of drug-likeness (QED) is 0.865. The molecule has 2 aliphatic heterocycles. The molecule has 0 atom stereocenters.